The molecule has 0 atom stereocenters. The van der Waals surface area contributed by atoms with Crippen molar-refractivity contribution in [1.82, 2.24) is 0 Å². The summed E-state index contributed by atoms with van der Waals surface area (Å²) >= 11 is 0. The molecule has 0 saturated heterocycles. The molecule has 0 aliphatic carbocycles. The first kappa shape index (κ1) is 16.4. The second-order valence-corrected chi connectivity index (χ2v) is 6.64. The van der Waals surface area contributed by atoms with Gasteiger partial charge in [-0.05, 0) is 63.5 Å². The van der Waals surface area contributed by atoms with Gasteiger partial charge < -0.3 is 19.3 Å². The third-order valence-electron chi connectivity index (χ3n) is 4.89. The smallest absolute Gasteiger partial charge is 0.336 e. The van der Waals surface area contributed by atoms with E-state index in [-0.39, 0.29) is 12.4 Å². The molecule has 1 aliphatic rings. The number of carboxylic acids is 1. The Hall–Kier alpha value is -3.73. The van der Waals surface area contributed by atoms with Crippen molar-refractivity contribution in [1.29, 1.82) is 0 Å². The molecule has 0 fully saturated rings. The minimum atomic E-state index is -0.970. The highest BCUT2D eigenvalue weighted by molar-refractivity contribution is 6.16. The van der Waals surface area contributed by atoms with Crippen LogP contribution in [-0.4, -0.2) is 17.9 Å². The molecule has 1 N–H and O–H groups in total. The van der Waals surface area contributed by atoms with Gasteiger partial charge in [0.2, 0.25) is 6.79 Å². The van der Waals surface area contributed by atoms with Gasteiger partial charge >= 0.3 is 5.97 Å². The lowest BCUT2D eigenvalue weighted by atomic mass is 9.96. The van der Waals surface area contributed by atoms with Crippen LogP contribution in [0.4, 0.5) is 0 Å². The summed E-state index contributed by atoms with van der Waals surface area (Å²) in [6.07, 6.45) is 0. The van der Waals surface area contributed by atoms with Gasteiger partial charge in [0.15, 0.2) is 11.5 Å². The number of aromatic carboxylic acids is 1. The van der Waals surface area contributed by atoms with E-state index in [1.807, 2.05) is 48.5 Å². The highest BCUT2D eigenvalue weighted by Crippen LogP contribution is 2.40. The zero-order valence-corrected chi connectivity index (χ0v) is 14.8. The predicted octanol–water partition coefficient (Wildman–Crippen LogP) is 5.00. The molecule has 5 nitrogen and oxygen atoms in total. The van der Waals surface area contributed by atoms with Gasteiger partial charge in [0.1, 0.15) is 12.4 Å². The summed E-state index contributed by atoms with van der Waals surface area (Å²) in [5.74, 6) is 0.993. The Kier molecular flexibility index (Phi) is 3.79. The van der Waals surface area contributed by atoms with Gasteiger partial charge in [0.05, 0.1) is 5.56 Å². The lowest BCUT2D eigenvalue weighted by Gasteiger charge is -2.12. The summed E-state index contributed by atoms with van der Waals surface area (Å²) < 4.78 is 16.9. The number of hydrogen-bond acceptors (Lipinski definition) is 4. The van der Waals surface area contributed by atoms with Crippen LogP contribution in [0.15, 0.2) is 66.7 Å². The van der Waals surface area contributed by atoms with Crippen LogP contribution in [0.5, 0.6) is 17.2 Å². The largest absolute Gasteiger partial charge is 0.489 e. The Morgan fingerprint density at radius 3 is 2.46 bits per heavy atom. The minimum Gasteiger partial charge on any atom is -0.489 e. The summed E-state index contributed by atoms with van der Waals surface area (Å²) in [4.78, 5) is 11.8. The molecule has 0 radical (unpaired) electrons. The van der Waals surface area contributed by atoms with Gasteiger partial charge in [0, 0.05) is 0 Å². The number of hydrogen-bond donors (Lipinski definition) is 1. The fraction of sp³-hybridized carbons (Fsp3) is 0.0870. The molecule has 5 rings (SSSR count). The average Bonchev–Trinajstić information content (AvgIpc) is 3.18. The lowest BCUT2D eigenvalue weighted by Crippen LogP contribution is -1.99. The van der Waals surface area contributed by atoms with Crippen LogP contribution in [0.25, 0.3) is 21.5 Å². The Bertz CT molecular complexity index is 1210. The van der Waals surface area contributed by atoms with Gasteiger partial charge in [-0.25, -0.2) is 4.79 Å². The van der Waals surface area contributed by atoms with Crippen molar-refractivity contribution in [3.63, 3.8) is 0 Å². The van der Waals surface area contributed by atoms with Crippen LogP contribution >= 0.6 is 0 Å². The molecule has 0 spiro atoms. The van der Waals surface area contributed by atoms with E-state index in [4.69, 9.17) is 14.2 Å². The van der Waals surface area contributed by atoms with E-state index in [0.717, 1.165) is 21.7 Å². The van der Waals surface area contributed by atoms with Gasteiger partial charge in [-0.2, -0.15) is 0 Å². The Morgan fingerprint density at radius 2 is 1.68 bits per heavy atom. The lowest BCUT2D eigenvalue weighted by molar-refractivity contribution is 0.0699. The van der Waals surface area contributed by atoms with E-state index in [1.54, 1.807) is 18.2 Å². The monoisotopic (exact) mass is 372 g/mol. The molecule has 4 aromatic rings. The van der Waals surface area contributed by atoms with Crippen molar-refractivity contribution in [2.75, 3.05) is 6.79 Å². The maximum Gasteiger partial charge on any atom is 0.336 e. The number of rotatable bonds is 4. The van der Waals surface area contributed by atoms with Crippen molar-refractivity contribution in [3.05, 3.63) is 77.9 Å². The minimum absolute atomic E-state index is 0.167. The summed E-state index contributed by atoms with van der Waals surface area (Å²) in [7, 11) is 0. The first-order chi connectivity index (χ1) is 13.7. The van der Waals surface area contributed by atoms with Crippen molar-refractivity contribution < 1.29 is 24.1 Å². The maximum absolute atomic E-state index is 11.8. The van der Waals surface area contributed by atoms with Gasteiger partial charge in [-0.15, -0.1) is 0 Å². The molecule has 0 saturated carbocycles. The van der Waals surface area contributed by atoms with Crippen LogP contribution in [0, 0.1) is 0 Å². The molecular weight excluding hydrogens is 356 g/mol. The SMILES string of the molecule is O=C(O)c1cc2cc3c(cc2c2cc(OCc4ccccc4)ccc12)OCO3. The van der Waals surface area contributed by atoms with E-state index in [9.17, 15) is 9.90 Å². The molecule has 138 valence electrons. The average molecular weight is 372 g/mol. The summed E-state index contributed by atoms with van der Waals surface area (Å²) in [5, 5.41) is 12.8. The van der Waals surface area contributed by atoms with E-state index in [0.29, 0.717) is 29.2 Å². The van der Waals surface area contributed by atoms with Crippen LogP contribution in [0.3, 0.4) is 0 Å². The zero-order valence-electron chi connectivity index (χ0n) is 14.8. The zero-order chi connectivity index (χ0) is 19.1. The standard InChI is InChI=1S/C23H16O5/c24-23(25)20-8-15-9-21-22(28-13-27-21)11-18(15)19-10-16(6-7-17(19)20)26-12-14-4-2-1-3-5-14/h1-11H,12-13H2,(H,24,25). The third-order valence-corrected chi connectivity index (χ3v) is 4.89. The molecule has 28 heavy (non-hydrogen) atoms. The number of benzene rings is 4. The van der Waals surface area contributed by atoms with Crippen molar-refractivity contribution in [2.24, 2.45) is 0 Å². The van der Waals surface area contributed by atoms with Gasteiger partial charge in [-0.3, -0.25) is 0 Å². The summed E-state index contributed by atoms with van der Waals surface area (Å²) in [6, 6.07) is 20.8. The van der Waals surface area contributed by atoms with Crippen LogP contribution in [0.1, 0.15) is 15.9 Å². The highest BCUT2D eigenvalue weighted by Gasteiger charge is 2.18. The second kappa shape index (κ2) is 6.46. The fourth-order valence-corrected chi connectivity index (χ4v) is 3.53. The quantitative estimate of drug-likeness (QED) is 0.511. The third kappa shape index (κ3) is 2.77. The molecule has 1 heterocycles. The van der Waals surface area contributed by atoms with E-state index in [1.165, 1.54) is 0 Å². The Labute approximate surface area is 160 Å². The molecule has 0 bridgehead atoms. The van der Waals surface area contributed by atoms with E-state index >= 15 is 0 Å². The van der Waals surface area contributed by atoms with Crippen LogP contribution in [-0.2, 0) is 6.61 Å². The number of carboxylic acid groups (broad SMARTS) is 1. The van der Waals surface area contributed by atoms with Crippen molar-refractivity contribution in [2.45, 2.75) is 6.61 Å². The van der Waals surface area contributed by atoms with E-state index in [2.05, 4.69) is 0 Å². The Balaban J connectivity index is 1.65. The molecule has 4 aromatic carbocycles. The summed E-state index contributed by atoms with van der Waals surface area (Å²) in [6.45, 7) is 0.607. The summed E-state index contributed by atoms with van der Waals surface area (Å²) in [5.41, 5.74) is 1.31. The van der Waals surface area contributed by atoms with Crippen LogP contribution < -0.4 is 14.2 Å². The topological polar surface area (TPSA) is 65.0 Å². The van der Waals surface area contributed by atoms with Crippen molar-refractivity contribution >= 4 is 27.5 Å². The second-order valence-electron chi connectivity index (χ2n) is 6.64. The first-order valence-electron chi connectivity index (χ1n) is 8.89. The van der Waals surface area contributed by atoms with Crippen LogP contribution in [0.2, 0.25) is 0 Å². The molecule has 5 heteroatoms. The first-order valence-corrected chi connectivity index (χ1v) is 8.89. The Morgan fingerprint density at radius 1 is 0.893 bits per heavy atom. The van der Waals surface area contributed by atoms with Gasteiger partial charge in [-0.1, -0.05) is 30.3 Å². The van der Waals surface area contributed by atoms with Crippen molar-refractivity contribution in [3.8, 4) is 17.2 Å². The molecule has 1 aliphatic heterocycles. The predicted molar refractivity (Wildman–Crippen MR) is 105 cm³/mol. The van der Waals surface area contributed by atoms with Gasteiger partial charge in [0.25, 0.3) is 0 Å². The number of fused-ring (bicyclic) bond motifs is 4. The number of ether oxygens (including phenoxy) is 3. The maximum atomic E-state index is 11.8. The van der Waals surface area contributed by atoms with E-state index < -0.39 is 5.97 Å². The molecule has 0 aromatic heterocycles. The molecular formula is C23H16O5. The fourth-order valence-electron chi connectivity index (χ4n) is 3.53. The normalized spacial score (nSPS) is 12.4. The number of carbonyl (C=O) groups is 1. The highest BCUT2D eigenvalue weighted by atomic mass is 16.7. The molecule has 0 unspecified atom stereocenters. The molecule has 0 amide bonds.